The average Bonchev–Trinajstić information content (AvgIpc) is 2.47. The number of benzene rings is 2. The van der Waals surface area contributed by atoms with Crippen molar-refractivity contribution in [1.82, 2.24) is 0 Å². The second-order valence-electron chi connectivity index (χ2n) is 4.79. The number of carbonyl (C=O) groups excluding carboxylic acids is 2. The highest BCUT2D eigenvalue weighted by Crippen LogP contribution is 2.14. The summed E-state index contributed by atoms with van der Waals surface area (Å²) in [4.78, 5) is 33.3. The summed E-state index contributed by atoms with van der Waals surface area (Å²) in [5, 5.41) is 13.3. The summed E-state index contributed by atoms with van der Waals surface area (Å²) >= 11 is 0. The van der Waals surface area contributed by atoms with Crippen LogP contribution in [0.3, 0.4) is 0 Å². The first-order valence-corrected chi connectivity index (χ1v) is 6.60. The Balaban J connectivity index is 2.02. The lowest BCUT2D eigenvalue weighted by Gasteiger charge is -2.06. The van der Waals surface area contributed by atoms with Gasteiger partial charge in [-0.05, 0) is 24.6 Å². The fraction of sp³-hybridized carbons (Fsp3) is 0.125. The summed E-state index contributed by atoms with van der Waals surface area (Å²) in [5.41, 5.74) is 1.72. The first-order valence-electron chi connectivity index (χ1n) is 6.60. The van der Waals surface area contributed by atoms with Crippen molar-refractivity contribution in [1.29, 1.82) is 0 Å². The molecule has 0 aliphatic heterocycles. The molecule has 2 rings (SSSR count). The third kappa shape index (κ3) is 3.99. The minimum Gasteiger partial charge on any atom is -0.326 e. The molecule has 0 spiro atoms. The number of nitro benzene ring substituents is 1. The Morgan fingerprint density at radius 3 is 2.41 bits per heavy atom. The molecule has 0 heterocycles. The first-order chi connectivity index (χ1) is 10.5. The number of carbonyl (C=O) groups is 2. The highest BCUT2D eigenvalue weighted by molar-refractivity contribution is 5.97. The number of nitrogens with zero attached hydrogens (tertiary/aromatic N) is 1. The number of hydrogen-bond acceptors (Lipinski definition) is 4. The maximum Gasteiger partial charge on any atom is 0.269 e. The van der Waals surface area contributed by atoms with E-state index < -0.39 is 4.92 Å². The van der Waals surface area contributed by atoms with Crippen molar-refractivity contribution in [3.05, 3.63) is 69.8 Å². The smallest absolute Gasteiger partial charge is 0.269 e. The number of Topliss-reactive ketones (excluding diaryl/α,β-unsaturated/α-hetero) is 1. The van der Waals surface area contributed by atoms with E-state index in [1.165, 1.54) is 19.1 Å². The van der Waals surface area contributed by atoms with Crippen molar-refractivity contribution < 1.29 is 14.5 Å². The minimum absolute atomic E-state index is 0.0154. The Bertz CT molecular complexity index is 723. The standard InChI is InChI=1S/C16H14N2O4/c1-11(19)13-3-2-4-14(10-13)17-16(20)9-12-5-7-15(8-6-12)18(21)22/h2-8,10H,9H2,1H3,(H,17,20). The molecule has 6 nitrogen and oxygen atoms in total. The number of nitro groups is 1. The fourth-order valence-electron chi connectivity index (χ4n) is 1.94. The summed E-state index contributed by atoms with van der Waals surface area (Å²) in [6.07, 6.45) is 0.0995. The molecule has 0 fully saturated rings. The van der Waals surface area contributed by atoms with Gasteiger partial charge in [0.05, 0.1) is 11.3 Å². The van der Waals surface area contributed by atoms with Crippen LogP contribution in [0.1, 0.15) is 22.8 Å². The molecular weight excluding hydrogens is 284 g/mol. The van der Waals surface area contributed by atoms with Crippen molar-refractivity contribution in [3.63, 3.8) is 0 Å². The van der Waals surface area contributed by atoms with Gasteiger partial charge >= 0.3 is 0 Å². The van der Waals surface area contributed by atoms with Gasteiger partial charge in [0.2, 0.25) is 5.91 Å². The Morgan fingerprint density at radius 2 is 1.82 bits per heavy atom. The number of rotatable bonds is 5. The van der Waals surface area contributed by atoms with E-state index in [4.69, 9.17) is 0 Å². The van der Waals surface area contributed by atoms with Gasteiger partial charge in [-0.15, -0.1) is 0 Å². The summed E-state index contributed by atoms with van der Waals surface area (Å²) < 4.78 is 0. The maximum absolute atomic E-state index is 12.0. The molecule has 0 aromatic heterocycles. The molecule has 1 N–H and O–H groups in total. The SMILES string of the molecule is CC(=O)c1cccc(NC(=O)Cc2ccc([N+](=O)[O-])cc2)c1. The van der Waals surface area contributed by atoms with Crippen LogP contribution in [-0.2, 0) is 11.2 Å². The Hall–Kier alpha value is -3.02. The highest BCUT2D eigenvalue weighted by atomic mass is 16.6. The normalized spacial score (nSPS) is 10.0. The average molecular weight is 298 g/mol. The maximum atomic E-state index is 12.0. The molecule has 1 amide bonds. The molecule has 0 atom stereocenters. The Morgan fingerprint density at radius 1 is 1.14 bits per heavy atom. The minimum atomic E-state index is -0.489. The quantitative estimate of drug-likeness (QED) is 0.522. The largest absolute Gasteiger partial charge is 0.326 e. The van der Waals surface area contributed by atoms with Crippen LogP contribution in [0.25, 0.3) is 0 Å². The lowest BCUT2D eigenvalue weighted by atomic mass is 10.1. The van der Waals surface area contributed by atoms with Crippen LogP contribution in [0.5, 0.6) is 0 Å². The van der Waals surface area contributed by atoms with Crippen molar-refractivity contribution in [2.75, 3.05) is 5.32 Å². The molecule has 0 aliphatic carbocycles. The second kappa shape index (κ2) is 6.62. The zero-order chi connectivity index (χ0) is 16.1. The van der Waals surface area contributed by atoms with E-state index in [0.29, 0.717) is 16.8 Å². The van der Waals surface area contributed by atoms with E-state index in [1.54, 1.807) is 36.4 Å². The number of anilines is 1. The molecule has 0 saturated heterocycles. The van der Waals surface area contributed by atoms with Gasteiger partial charge in [-0.2, -0.15) is 0 Å². The molecular formula is C16H14N2O4. The van der Waals surface area contributed by atoms with Gasteiger partial charge in [0, 0.05) is 23.4 Å². The van der Waals surface area contributed by atoms with Crippen LogP contribution in [0.2, 0.25) is 0 Å². The van der Waals surface area contributed by atoms with E-state index in [2.05, 4.69) is 5.32 Å². The topological polar surface area (TPSA) is 89.3 Å². The summed E-state index contributed by atoms with van der Waals surface area (Å²) in [6.45, 7) is 1.46. The molecule has 0 bridgehead atoms. The lowest BCUT2D eigenvalue weighted by Crippen LogP contribution is -2.14. The Kier molecular flexibility index (Phi) is 4.63. The van der Waals surface area contributed by atoms with Crippen molar-refractivity contribution >= 4 is 23.1 Å². The number of nitrogens with one attached hydrogen (secondary N) is 1. The number of non-ortho nitro benzene ring substituents is 1. The van der Waals surface area contributed by atoms with Gasteiger partial charge in [0.25, 0.3) is 5.69 Å². The molecule has 0 radical (unpaired) electrons. The summed E-state index contributed by atoms with van der Waals surface area (Å²) in [6, 6.07) is 12.5. The second-order valence-corrected chi connectivity index (χ2v) is 4.79. The van der Waals surface area contributed by atoms with Crippen molar-refractivity contribution in [2.45, 2.75) is 13.3 Å². The zero-order valence-electron chi connectivity index (χ0n) is 11.9. The predicted molar refractivity (Wildman–Crippen MR) is 81.9 cm³/mol. The third-order valence-corrected chi connectivity index (χ3v) is 3.06. The molecule has 0 unspecified atom stereocenters. The van der Waals surface area contributed by atoms with Gasteiger partial charge in [-0.25, -0.2) is 0 Å². The highest BCUT2D eigenvalue weighted by Gasteiger charge is 2.08. The number of ketones is 1. The number of amides is 1. The van der Waals surface area contributed by atoms with E-state index in [0.717, 1.165) is 0 Å². The van der Waals surface area contributed by atoms with E-state index in [9.17, 15) is 19.7 Å². The first kappa shape index (κ1) is 15.4. The fourth-order valence-corrected chi connectivity index (χ4v) is 1.94. The van der Waals surface area contributed by atoms with Crippen LogP contribution in [0.15, 0.2) is 48.5 Å². The van der Waals surface area contributed by atoms with Crippen LogP contribution >= 0.6 is 0 Å². The van der Waals surface area contributed by atoms with Crippen molar-refractivity contribution in [3.8, 4) is 0 Å². The van der Waals surface area contributed by atoms with Crippen LogP contribution in [0.4, 0.5) is 11.4 Å². The predicted octanol–water partition coefficient (Wildman–Crippen LogP) is 2.98. The molecule has 0 aliphatic rings. The van der Waals surface area contributed by atoms with E-state index in [-0.39, 0.29) is 23.8 Å². The van der Waals surface area contributed by atoms with Crippen LogP contribution in [-0.4, -0.2) is 16.6 Å². The molecule has 2 aromatic carbocycles. The monoisotopic (exact) mass is 298 g/mol. The molecule has 22 heavy (non-hydrogen) atoms. The van der Waals surface area contributed by atoms with Gasteiger partial charge in [0.1, 0.15) is 0 Å². The van der Waals surface area contributed by atoms with Crippen molar-refractivity contribution in [2.24, 2.45) is 0 Å². The molecule has 0 saturated carbocycles. The Labute approximate surface area is 126 Å². The molecule has 6 heteroatoms. The zero-order valence-corrected chi connectivity index (χ0v) is 11.9. The molecule has 2 aromatic rings. The van der Waals surface area contributed by atoms with E-state index in [1.807, 2.05) is 0 Å². The summed E-state index contributed by atoms with van der Waals surface area (Å²) in [7, 11) is 0. The molecule has 112 valence electrons. The van der Waals surface area contributed by atoms with Gasteiger partial charge in [0.15, 0.2) is 5.78 Å². The lowest BCUT2D eigenvalue weighted by molar-refractivity contribution is -0.384. The van der Waals surface area contributed by atoms with E-state index >= 15 is 0 Å². The summed E-state index contributed by atoms with van der Waals surface area (Å²) in [5.74, 6) is -0.332. The van der Waals surface area contributed by atoms with Gasteiger partial charge in [-0.3, -0.25) is 19.7 Å². The third-order valence-electron chi connectivity index (χ3n) is 3.06. The van der Waals surface area contributed by atoms with Crippen LogP contribution in [0, 0.1) is 10.1 Å². The van der Waals surface area contributed by atoms with Gasteiger partial charge < -0.3 is 5.32 Å². The van der Waals surface area contributed by atoms with Gasteiger partial charge in [-0.1, -0.05) is 24.3 Å². The number of hydrogen-bond donors (Lipinski definition) is 1. The van der Waals surface area contributed by atoms with Crippen LogP contribution < -0.4 is 5.32 Å².